The second-order valence-corrected chi connectivity index (χ2v) is 7.95. The number of rotatable bonds is 3. The first kappa shape index (κ1) is 15.0. The molecule has 2 aliphatic rings. The van der Waals surface area contributed by atoms with Crippen LogP contribution < -0.4 is 5.73 Å². The summed E-state index contributed by atoms with van der Waals surface area (Å²) in [6.45, 7) is 4.76. The van der Waals surface area contributed by atoms with Gasteiger partial charge < -0.3 is 5.73 Å². The fourth-order valence-electron chi connectivity index (χ4n) is 5.00. The maximum absolute atomic E-state index is 6.24. The summed E-state index contributed by atoms with van der Waals surface area (Å²) in [5.41, 5.74) is 8.11. The minimum absolute atomic E-state index is 0.108. The minimum atomic E-state index is 0.108. The van der Waals surface area contributed by atoms with E-state index >= 15 is 0 Å². The van der Waals surface area contributed by atoms with Crippen LogP contribution in [0.5, 0.6) is 0 Å². The van der Waals surface area contributed by atoms with E-state index in [1.54, 1.807) is 0 Å². The third kappa shape index (κ3) is 2.42. The van der Waals surface area contributed by atoms with Crippen LogP contribution >= 0.6 is 12.2 Å². The maximum Gasteiger partial charge on any atom is 0.0790 e. The van der Waals surface area contributed by atoms with Gasteiger partial charge in [0, 0.05) is 5.41 Å². The molecule has 0 heterocycles. The zero-order chi connectivity index (χ0) is 15.1. The molecular weight excluding hydrogens is 274 g/mol. The third-order valence-electron chi connectivity index (χ3n) is 6.45. The molecule has 0 aliphatic heterocycles. The van der Waals surface area contributed by atoms with Crippen LogP contribution in [0.15, 0.2) is 30.3 Å². The molecular formula is C19H27NS. The average molecular weight is 301 g/mol. The Morgan fingerprint density at radius 2 is 2.00 bits per heavy atom. The van der Waals surface area contributed by atoms with Crippen LogP contribution in [-0.4, -0.2) is 4.99 Å². The lowest BCUT2D eigenvalue weighted by Gasteiger charge is -2.55. The van der Waals surface area contributed by atoms with E-state index in [0.29, 0.717) is 0 Å². The Morgan fingerprint density at radius 3 is 2.62 bits per heavy atom. The van der Waals surface area contributed by atoms with E-state index in [-0.39, 0.29) is 10.8 Å². The zero-order valence-corrected chi connectivity index (χ0v) is 14.1. The number of hydrogen-bond donors (Lipinski definition) is 1. The Morgan fingerprint density at radius 1 is 1.29 bits per heavy atom. The molecule has 21 heavy (non-hydrogen) atoms. The maximum atomic E-state index is 6.24. The first-order valence-corrected chi connectivity index (χ1v) is 8.78. The minimum Gasteiger partial charge on any atom is -0.393 e. The Balaban J connectivity index is 2.04. The second-order valence-electron chi connectivity index (χ2n) is 7.51. The van der Waals surface area contributed by atoms with Gasteiger partial charge in [0.2, 0.25) is 0 Å². The molecule has 0 amide bonds. The topological polar surface area (TPSA) is 26.0 Å². The lowest BCUT2D eigenvalue weighted by molar-refractivity contribution is 0.0348. The van der Waals surface area contributed by atoms with Crippen LogP contribution in [-0.2, 0) is 5.41 Å². The highest BCUT2D eigenvalue weighted by atomic mass is 32.1. The average Bonchev–Trinajstić information content (AvgIpc) is 2.52. The van der Waals surface area contributed by atoms with Gasteiger partial charge in [-0.2, -0.15) is 0 Å². The molecule has 2 heteroatoms. The molecule has 1 nitrogen and oxygen atoms in total. The van der Waals surface area contributed by atoms with Crippen LogP contribution in [0.25, 0.3) is 0 Å². The standard InChI is InChI=1S/C19H27NS/c1-3-18(16-7-5-4-6-8-16)11-15-12-19(13-18,17(20)21)10-9-14(15)2/h4-8,14-15H,3,9-13H2,1-2H3,(H2,20,21). The van der Waals surface area contributed by atoms with E-state index in [2.05, 4.69) is 44.2 Å². The molecule has 1 aromatic carbocycles. The number of benzene rings is 1. The Labute approximate surface area is 134 Å². The van der Waals surface area contributed by atoms with Gasteiger partial charge in [0.05, 0.1) is 4.99 Å². The molecule has 2 fully saturated rings. The van der Waals surface area contributed by atoms with Crippen LogP contribution in [0.2, 0.25) is 0 Å². The van der Waals surface area contributed by atoms with E-state index in [0.717, 1.165) is 23.2 Å². The number of fused-ring (bicyclic) bond motifs is 2. The molecule has 114 valence electrons. The summed E-state index contributed by atoms with van der Waals surface area (Å²) >= 11 is 5.53. The fraction of sp³-hybridized carbons (Fsp3) is 0.632. The van der Waals surface area contributed by atoms with Crippen molar-refractivity contribution < 1.29 is 0 Å². The van der Waals surface area contributed by atoms with E-state index in [4.69, 9.17) is 18.0 Å². The molecule has 1 aromatic rings. The van der Waals surface area contributed by atoms with Crippen molar-refractivity contribution in [2.75, 3.05) is 0 Å². The van der Waals surface area contributed by atoms with Gasteiger partial charge in [0.25, 0.3) is 0 Å². The van der Waals surface area contributed by atoms with Gasteiger partial charge in [-0.15, -0.1) is 0 Å². The van der Waals surface area contributed by atoms with Gasteiger partial charge in [0.15, 0.2) is 0 Å². The lowest BCUT2D eigenvalue weighted by atomic mass is 9.49. The third-order valence-corrected chi connectivity index (χ3v) is 6.88. The van der Waals surface area contributed by atoms with Gasteiger partial charge in [-0.3, -0.25) is 0 Å². The predicted molar refractivity (Wildman–Crippen MR) is 93.4 cm³/mol. The normalized spacial score (nSPS) is 39.0. The first-order valence-electron chi connectivity index (χ1n) is 8.37. The van der Waals surface area contributed by atoms with Crippen molar-refractivity contribution in [3.8, 4) is 0 Å². The highest BCUT2D eigenvalue weighted by molar-refractivity contribution is 7.80. The molecule has 2 aliphatic carbocycles. The van der Waals surface area contributed by atoms with Gasteiger partial charge in [-0.1, -0.05) is 56.4 Å². The van der Waals surface area contributed by atoms with Crippen molar-refractivity contribution in [1.82, 2.24) is 0 Å². The Kier molecular flexibility index (Phi) is 3.85. The molecule has 2 bridgehead atoms. The Hall–Kier alpha value is -0.890. The van der Waals surface area contributed by atoms with Gasteiger partial charge >= 0.3 is 0 Å². The summed E-state index contributed by atoms with van der Waals surface area (Å²) in [5, 5.41) is 0. The summed E-state index contributed by atoms with van der Waals surface area (Å²) in [5.74, 6) is 1.58. The number of hydrogen-bond acceptors (Lipinski definition) is 1. The van der Waals surface area contributed by atoms with E-state index in [1.165, 1.54) is 37.7 Å². The van der Waals surface area contributed by atoms with E-state index in [1.807, 2.05) is 0 Å². The number of nitrogens with two attached hydrogens (primary N) is 1. The summed E-state index contributed by atoms with van der Waals surface area (Å²) in [6.07, 6.45) is 7.34. The highest BCUT2D eigenvalue weighted by Gasteiger charge is 2.52. The predicted octanol–water partition coefficient (Wildman–Crippen LogP) is 4.84. The molecule has 0 saturated heterocycles. The zero-order valence-electron chi connectivity index (χ0n) is 13.3. The molecule has 2 saturated carbocycles. The molecule has 4 atom stereocenters. The Bertz CT molecular complexity index is 526. The van der Waals surface area contributed by atoms with Gasteiger partial charge in [-0.05, 0) is 61.3 Å². The fourth-order valence-corrected chi connectivity index (χ4v) is 5.25. The van der Waals surface area contributed by atoms with Crippen molar-refractivity contribution in [2.45, 2.75) is 57.8 Å². The SMILES string of the molecule is CCC1(c2ccccc2)CC2CC(C(N)=S)(CCC2C)C1. The highest BCUT2D eigenvalue weighted by Crippen LogP contribution is 2.59. The molecule has 0 radical (unpaired) electrons. The van der Waals surface area contributed by atoms with Crippen LogP contribution in [0, 0.1) is 17.3 Å². The van der Waals surface area contributed by atoms with Crippen LogP contribution in [0.3, 0.4) is 0 Å². The molecule has 3 rings (SSSR count). The quantitative estimate of drug-likeness (QED) is 0.809. The van der Waals surface area contributed by atoms with E-state index < -0.39 is 0 Å². The van der Waals surface area contributed by atoms with Crippen molar-refractivity contribution in [2.24, 2.45) is 23.0 Å². The van der Waals surface area contributed by atoms with Gasteiger partial charge in [-0.25, -0.2) is 0 Å². The smallest absolute Gasteiger partial charge is 0.0790 e. The summed E-state index contributed by atoms with van der Waals surface area (Å²) in [4.78, 5) is 0.771. The largest absolute Gasteiger partial charge is 0.393 e. The van der Waals surface area contributed by atoms with Crippen molar-refractivity contribution in [1.29, 1.82) is 0 Å². The molecule has 4 unspecified atom stereocenters. The summed E-state index contributed by atoms with van der Waals surface area (Å²) < 4.78 is 0. The first-order chi connectivity index (χ1) is 10.0. The van der Waals surface area contributed by atoms with Crippen LogP contribution in [0.1, 0.15) is 57.9 Å². The van der Waals surface area contributed by atoms with Gasteiger partial charge in [0.1, 0.15) is 0 Å². The molecule has 0 spiro atoms. The summed E-state index contributed by atoms with van der Waals surface area (Å²) in [6, 6.07) is 11.1. The molecule has 0 aromatic heterocycles. The number of thiocarbonyl (C=S) groups is 1. The second kappa shape index (κ2) is 5.39. The summed E-state index contributed by atoms with van der Waals surface area (Å²) in [7, 11) is 0. The molecule has 2 N–H and O–H groups in total. The monoisotopic (exact) mass is 301 g/mol. The lowest BCUT2D eigenvalue weighted by Crippen LogP contribution is -2.52. The van der Waals surface area contributed by atoms with E-state index in [9.17, 15) is 0 Å². The van der Waals surface area contributed by atoms with Crippen LogP contribution in [0.4, 0.5) is 0 Å². The van der Waals surface area contributed by atoms with Crippen molar-refractivity contribution in [3.05, 3.63) is 35.9 Å². The van der Waals surface area contributed by atoms with Crippen molar-refractivity contribution >= 4 is 17.2 Å². The van der Waals surface area contributed by atoms with Crippen molar-refractivity contribution in [3.63, 3.8) is 0 Å².